The lowest BCUT2D eigenvalue weighted by molar-refractivity contribution is -0.123. The average molecular weight is 519 g/mol. The number of benzene rings is 1. The van der Waals surface area contributed by atoms with Crippen LogP contribution in [0.1, 0.15) is 50.3 Å². The standard InChI is InChI=1S/C21H34FN5O.HI/c1-4-24-21(26-16(3)17-9-8-15(2)19(22)13-17)25-10-6-12-27-11-5-7-18(14-27)20(23)28;/h8-9,13,16,18H,4-7,10-12,14H2,1-3H3,(H2,23,28)(H2,24,25,26);1H. The molecule has 0 spiro atoms. The molecule has 2 unspecified atom stereocenters. The van der Waals surface area contributed by atoms with Crippen molar-refractivity contribution in [3.8, 4) is 0 Å². The second-order valence-corrected chi connectivity index (χ2v) is 7.53. The highest BCUT2D eigenvalue weighted by molar-refractivity contribution is 14.0. The molecule has 0 bridgehead atoms. The highest BCUT2D eigenvalue weighted by Gasteiger charge is 2.23. The Morgan fingerprint density at radius 1 is 1.45 bits per heavy atom. The second kappa shape index (κ2) is 13.0. The Morgan fingerprint density at radius 2 is 2.21 bits per heavy atom. The third-order valence-corrected chi connectivity index (χ3v) is 5.20. The minimum atomic E-state index is -0.192. The van der Waals surface area contributed by atoms with Gasteiger partial charge in [0.15, 0.2) is 5.96 Å². The molecule has 0 saturated carbocycles. The maximum absolute atomic E-state index is 13.8. The van der Waals surface area contributed by atoms with Crippen molar-refractivity contribution in [3.63, 3.8) is 0 Å². The number of hydrogen-bond acceptors (Lipinski definition) is 3. The van der Waals surface area contributed by atoms with Gasteiger partial charge in [-0.15, -0.1) is 24.0 Å². The van der Waals surface area contributed by atoms with E-state index in [1.165, 1.54) is 0 Å². The molecule has 1 saturated heterocycles. The van der Waals surface area contributed by atoms with Gasteiger partial charge in [-0.05, 0) is 70.3 Å². The molecule has 1 aromatic rings. The third-order valence-electron chi connectivity index (χ3n) is 5.20. The maximum atomic E-state index is 13.8. The first-order chi connectivity index (χ1) is 13.4. The van der Waals surface area contributed by atoms with Crippen LogP contribution in [0.3, 0.4) is 0 Å². The van der Waals surface area contributed by atoms with E-state index < -0.39 is 0 Å². The van der Waals surface area contributed by atoms with Crippen molar-refractivity contribution in [2.24, 2.45) is 16.6 Å². The highest BCUT2D eigenvalue weighted by Crippen LogP contribution is 2.17. The minimum Gasteiger partial charge on any atom is -0.369 e. The topological polar surface area (TPSA) is 82.8 Å². The van der Waals surface area contributed by atoms with Gasteiger partial charge in [0.2, 0.25) is 5.91 Å². The number of carbonyl (C=O) groups excluding carboxylic acids is 1. The second-order valence-electron chi connectivity index (χ2n) is 7.53. The number of aryl methyl sites for hydroxylation is 1. The molecule has 8 heteroatoms. The Balaban J connectivity index is 0.00000420. The number of carbonyl (C=O) groups is 1. The third kappa shape index (κ3) is 8.46. The molecule has 29 heavy (non-hydrogen) atoms. The van der Waals surface area contributed by atoms with Gasteiger partial charge in [-0.1, -0.05) is 12.1 Å². The van der Waals surface area contributed by atoms with Crippen LogP contribution in [0.4, 0.5) is 4.39 Å². The summed E-state index contributed by atoms with van der Waals surface area (Å²) < 4.78 is 13.8. The fourth-order valence-corrected chi connectivity index (χ4v) is 3.46. The fraction of sp³-hybridized carbons (Fsp3) is 0.619. The minimum absolute atomic E-state index is 0. The molecular weight excluding hydrogens is 484 g/mol. The van der Waals surface area contributed by atoms with Gasteiger partial charge in [-0.25, -0.2) is 4.39 Å². The van der Waals surface area contributed by atoms with Crippen molar-refractivity contribution in [3.05, 3.63) is 35.1 Å². The molecule has 1 heterocycles. The van der Waals surface area contributed by atoms with Crippen LogP contribution in [0.5, 0.6) is 0 Å². The lowest BCUT2D eigenvalue weighted by Gasteiger charge is -2.30. The summed E-state index contributed by atoms with van der Waals surface area (Å²) in [5, 5.41) is 6.58. The van der Waals surface area contributed by atoms with Gasteiger partial charge in [0.1, 0.15) is 5.82 Å². The summed E-state index contributed by atoms with van der Waals surface area (Å²) in [5.41, 5.74) is 6.98. The predicted octanol–water partition coefficient (Wildman–Crippen LogP) is 2.96. The normalized spacial score (nSPS) is 18.6. The lowest BCUT2D eigenvalue weighted by atomic mass is 9.97. The van der Waals surface area contributed by atoms with Crippen LogP contribution in [0.2, 0.25) is 0 Å². The summed E-state index contributed by atoms with van der Waals surface area (Å²) in [6.45, 7) is 9.90. The van der Waals surface area contributed by atoms with E-state index in [4.69, 9.17) is 5.73 Å². The monoisotopic (exact) mass is 519 g/mol. The SMILES string of the molecule is CCNC(=NCCCN1CCCC(C(N)=O)C1)NC(C)c1ccc(C)c(F)c1.I. The molecule has 2 atom stereocenters. The summed E-state index contributed by atoms with van der Waals surface area (Å²) >= 11 is 0. The largest absolute Gasteiger partial charge is 0.369 e. The number of aliphatic imine (C=N–C) groups is 1. The van der Waals surface area contributed by atoms with Crippen molar-refractivity contribution >= 4 is 35.8 Å². The molecule has 0 aromatic heterocycles. The number of halogens is 2. The molecule has 2 rings (SSSR count). The van der Waals surface area contributed by atoms with Gasteiger partial charge in [0.25, 0.3) is 0 Å². The Labute approximate surface area is 190 Å². The Morgan fingerprint density at radius 3 is 2.86 bits per heavy atom. The molecule has 1 aliphatic heterocycles. The van der Waals surface area contributed by atoms with Crippen LogP contribution in [0.15, 0.2) is 23.2 Å². The molecule has 164 valence electrons. The van der Waals surface area contributed by atoms with E-state index in [0.29, 0.717) is 12.1 Å². The van der Waals surface area contributed by atoms with Crippen LogP contribution < -0.4 is 16.4 Å². The van der Waals surface area contributed by atoms with E-state index in [9.17, 15) is 9.18 Å². The summed E-state index contributed by atoms with van der Waals surface area (Å²) in [4.78, 5) is 18.3. The number of primary amides is 1. The van der Waals surface area contributed by atoms with Crippen LogP contribution in [0, 0.1) is 18.7 Å². The van der Waals surface area contributed by atoms with Gasteiger partial charge in [-0.3, -0.25) is 9.79 Å². The molecular formula is C21H35FIN5O. The first kappa shape index (κ1) is 25.6. The molecule has 1 fully saturated rings. The van der Waals surface area contributed by atoms with Gasteiger partial charge < -0.3 is 21.3 Å². The zero-order valence-electron chi connectivity index (χ0n) is 17.7. The first-order valence-corrected chi connectivity index (χ1v) is 10.2. The number of nitrogens with one attached hydrogen (secondary N) is 2. The first-order valence-electron chi connectivity index (χ1n) is 10.2. The lowest BCUT2D eigenvalue weighted by Crippen LogP contribution is -2.41. The van der Waals surface area contributed by atoms with Crippen LogP contribution in [-0.2, 0) is 4.79 Å². The number of piperidine rings is 1. The zero-order chi connectivity index (χ0) is 20.5. The number of guanidine groups is 1. The maximum Gasteiger partial charge on any atom is 0.221 e. The van der Waals surface area contributed by atoms with Crippen LogP contribution in [-0.4, -0.2) is 49.5 Å². The Bertz CT molecular complexity index is 685. The number of nitrogens with zero attached hydrogens (tertiary/aromatic N) is 2. The number of hydrogen-bond donors (Lipinski definition) is 3. The zero-order valence-corrected chi connectivity index (χ0v) is 20.0. The van der Waals surface area contributed by atoms with Crippen molar-refractivity contribution in [2.45, 2.75) is 46.1 Å². The summed E-state index contributed by atoms with van der Waals surface area (Å²) in [6, 6.07) is 5.25. The molecule has 0 aliphatic carbocycles. The molecule has 6 nitrogen and oxygen atoms in total. The van der Waals surface area contributed by atoms with Crippen molar-refractivity contribution in [1.29, 1.82) is 0 Å². The fourth-order valence-electron chi connectivity index (χ4n) is 3.46. The Kier molecular flexibility index (Phi) is 11.5. The van der Waals surface area contributed by atoms with Crippen LogP contribution in [0.25, 0.3) is 0 Å². The van der Waals surface area contributed by atoms with E-state index >= 15 is 0 Å². The van der Waals surface area contributed by atoms with Crippen molar-refractivity contribution in [2.75, 3.05) is 32.7 Å². The van der Waals surface area contributed by atoms with Gasteiger partial charge in [-0.2, -0.15) is 0 Å². The van der Waals surface area contributed by atoms with Gasteiger partial charge in [0.05, 0.1) is 12.0 Å². The van der Waals surface area contributed by atoms with E-state index in [2.05, 4.69) is 20.5 Å². The predicted molar refractivity (Wildman–Crippen MR) is 127 cm³/mol. The quantitative estimate of drug-likeness (QED) is 0.214. The van der Waals surface area contributed by atoms with E-state index in [1.807, 2.05) is 19.9 Å². The average Bonchev–Trinajstić information content (AvgIpc) is 2.67. The van der Waals surface area contributed by atoms with E-state index in [-0.39, 0.29) is 47.7 Å². The highest BCUT2D eigenvalue weighted by atomic mass is 127. The van der Waals surface area contributed by atoms with Crippen molar-refractivity contribution < 1.29 is 9.18 Å². The summed E-state index contributed by atoms with van der Waals surface area (Å²) in [7, 11) is 0. The molecule has 0 radical (unpaired) electrons. The van der Waals surface area contributed by atoms with Crippen molar-refractivity contribution in [1.82, 2.24) is 15.5 Å². The van der Waals surface area contributed by atoms with E-state index in [0.717, 1.165) is 57.0 Å². The van der Waals surface area contributed by atoms with Gasteiger partial charge >= 0.3 is 0 Å². The smallest absolute Gasteiger partial charge is 0.221 e. The molecule has 4 N–H and O–H groups in total. The summed E-state index contributed by atoms with van der Waals surface area (Å²) in [6.07, 6.45) is 2.83. The summed E-state index contributed by atoms with van der Waals surface area (Å²) in [5.74, 6) is 0.323. The number of nitrogens with two attached hydrogens (primary N) is 1. The Hall–Kier alpha value is -1.42. The van der Waals surface area contributed by atoms with Crippen LogP contribution >= 0.6 is 24.0 Å². The number of rotatable bonds is 8. The van der Waals surface area contributed by atoms with E-state index in [1.54, 1.807) is 19.1 Å². The molecule has 1 aromatic carbocycles. The molecule has 1 amide bonds. The number of amides is 1. The van der Waals surface area contributed by atoms with Gasteiger partial charge in [0, 0.05) is 19.6 Å². The molecule has 1 aliphatic rings. The number of likely N-dealkylation sites (tertiary alicyclic amines) is 1.